The third-order valence-corrected chi connectivity index (χ3v) is 8.12. The lowest BCUT2D eigenvalue weighted by Crippen LogP contribution is -2.37. The summed E-state index contributed by atoms with van der Waals surface area (Å²) in [5, 5.41) is 13.4. The number of carbonyl (C=O) groups is 1. The molecule has 252 valence electrons. The number of nitrogens with zero attached hydrogens (tertiary/aromatic N) is 2. The molecule has 0 saturated carbocycles. The fourth-order valence-electron chi connectivity index (χ4n) is 5.60. The van der Waals surface area contributed by atoms with E-state index in [1.54, 1.807) is 12.1 Å². The molecule has 6 aromatic rings. The molecule has 1 amide bonds. The van der Waals surface area contributed by atoms with Gasteiger partial charge in [0.15, 0.2) is 19.6 Å². The number of carbonyl (C=O) groups excluding carboxylic acids is 1. The highest BCUT2D eigenvalue weighted by Gasteiger charge is 2.25. The van der Waals surface area contributed by atoms with Crippen LogP contribution in [0.5, 0.6) is 11.5 Å². The standard InChI is InChI=1S/C42H36N6O3/c49-42(30-16-4-1-5-17-30)45-38-27-15-12-24-35(38)41-47-39(33-22-10-13-25-36(33)43-28-50-31-18-6-2-7-19-31)46-40(48-41)34-23-11-14-26-37(34)44-29-51-32-20-8-3-9-21-32/h1-27,41,43-44H,28-29H2,(H,45,49)(H,46,47,48). The Morgan fingerprint density at radius 2 is 0.961 bits per heavy atom. The van der Waals surface area contributed by atoms with E-state index < -0.39 is 6.17 Å². The van der Waals surface area contributed by atoms with Crippen LogP contribution in [-0.2, 0) is 0 Å². The van der Waals surface area contributed by atoms with Gasteiger partial charge in [-0.15, -0.1) is 0 Å². The van der Waals surface area contributed by atoms with Crippen molar-refractivity contribution >= 4 is 34.6 Å². The minimum atomic E-state index is -0.689. The van der Waals surface area contributed by atoms with Gasteiger partial charge in [0.2, 0.25) is 0 Å². The SMILES string of the molecule is O=C(Nc1ccccc1C1N=C(c2ccccc2NCOc2ccccc2)NC(c2ccccc2NCOc2ccccc2)=N1)c1ccccc1. The van der Waals surface area contributed by atoms with Crippen LogP contribution in [-0.4, -0.2) is 31.0 Å². The summed E-state index contributed by atoms with van der Waals surface area (Å²) < 4.78 is 11.9. The number of anilines is 3. The molecular weight excluding hydrogens is 637 g/mol. The molecule has 1 heterocycles. The van der Waals surface area contributed by atoms with Gasteiger partial charge in [0.05, 0.1) is 0 Å². The van der Waals surface area contributed by atoms with Gasteiger partial charge in [-0.2, -0.15) is 0 Å². The van der Waals surface area contributed by atoms with Crippen LogP contribution in [0.1, 0.15) is 33.2 Å². The topological polar surface area (TPSA) is 108 Å². The van der Waals surface area contributed by atoms with E-state index in [0.29, 0.717) is 22.9 Å². The molecule has 0 unspecified atom stereocenters. The van der Waals surface area contributed by atoms with Crippen molar-refractivity contribution in [1.82, 2.24) is 5.32 Å². The number of amidine groups is 2. The zero-order valence-electron chi connectivity index (χ0n) is 27.7. The van der Waals surface area contributed by atoms with Gasteiger partial charge in [-0.05, 0) is 66.7 Å². The van der Waals surface area contributed by atoms with E-state index in [0.717, 1.165) is 39.6 Å². The van der Waals surface area contributed by atoms with E-state index in [9.17, 15) is 4.79 Å². The molecule has 0 aromatic heterocycles. The Labute approximate surface area is 296 Å². The number of hydrogen-bond donors (Lipinski definition) is 4. The first-order valence-electron chi connectivity index (χ1n) is 16.6. The van der Waals surface area contributed by atoms with Crippen molar-refractivity contribution in [3.05, 3.63) is 186 Å². The van der Waals surface area contributed by atoms with Crippen LogP contribution < -0.4 is 30.7 Å². The number of amides is 1. The van der Waals surface area contributed by atoms with Crippen LogP contribution in [0.2, 0.25) is 0 Å². The molecule has 0 bridgehead atoms. The average molecular weight is 673 g/mol. The molecule has 4 N–H and O–H groups in total. The maximum Gasteiger partial charge on any atom is 0.255 e. The average Bonchev–Trinajstić information content (AvgIpc) is 3.19. The molecule has 9 heteroatoms. The molecule has 0 fully saturated rings. The Hall–Kier alpha value is -6.87. The minimum absolute atomic E-state index is 0.216. The zero-order chi connectivity index (χ0) is 34.7. The first-order chi connectivity index (χ1) is 25.2. The maximum atomic E-state index is 13.3. The van der Waals surface area contributed by atoms with E-state index in [1.807, 2.05) is 152 Å². The highest BCUT2D eigenvalue weighted by atomic mass is 16.5. The fraction of sp³-hybridized carbons (Fsp3) is 0.0714. The normalized spacial score (nSPS) is 12.5. The van der Waals surface area contributed by atoms with Gasteiger partial charge in [-0.25, -0.2) is 9.98 Å². The summed E-state index contributed by atoms with van der Waals surface area (Å²) in [5.41, 5.74) is 5.23. The van der Waals surface area contributed by atoms with Crippen molar-refractivity contribution in [2.45, 2.75) is 6.17 Å². The largest absolute Gasteiger partial charge is 0.473 e. The molecule has 0 radical (unpaired) electrons. The summed E-state index contributed by atoms with van der Waals surface area (Å²) in [6.45, 7) is 0.502. The first-order valence-corrected chi connectivity index (χ1v) is 16.6. The summed E-state index contributed by atoms with van der Waals surface area (Å²) in [7, 11) is 0. The monoisotopic (exact) mass is 672 g/mol. The molecule has 0 aliphatic carbocycles. The van der Waals surface area contributed by atoms with Crippen LogP contribution in [0.25, 0.3) is 0 Å². The smallest absolute Gasteiger partial charge is 0.255 e. The molecular formula is C42H36N6O3. The number of nitrogens with one attached hydrogen (secondary N) is 4. The van der Waals surface area contributed by atoms with E-state index in [1.165, 1.54) is 0 Å². The molecule has 6 aromatic carbocycles. The highest BCUT2D eigenvalue weighted by molar-refractivity contribution is 6.19. The highest BCUT2D eigenvalue weighted by Crippen LogP contribution is 2.32. The number of benzene rings is 6. The third kappa shape index (κ3) is 8.23. The predicted molar refractivity (Wildman–Crippen MR) is 204 cm³/mol. The Kier molecular flexibility index (Phi) is 10.3. The summed E-state index contributed by atoms with van der Waals surface area (Å²) >= 11 is 0. The lowest BCUT2D eigenvalue weighted by Gasteiger charge is -2.26. The Bertz CT molecular complexity index is 2030. The summed E-state index contributed by atoms with van der Waals surface area (Å²) in [6.07, 6.45) is -0.689. The molecule has 51 heavy (non-hydrogen) atoms. The number of rotatable bonds is 13. The number of aliphatic imine (C=N–C) groups is 2. The van der Waals surface area contributed by atoms with E-state index in [2.05, 4.69) is 21.3 Å². The number of ether oxygens (including phenoxy) is 2. The Balaban J connectivity index is 1.22. The lowest BCUT2D eigenvalue weighted by molar-refractivity contribution is 0.102. The van der Waals surface area contributed by atoms with Crippen molar-refractivity contribution in [2.24, 2.45) is 9.98 Å². The fourth-order valence-corrected chi connectivity index (χ4v) is 5.60. The molecule has 0 spiro atoms. The predicted octanol–water partition coefficient (Wildman–Crippen LogP) is 8.33. The second-order valence-electron chi connectivity index (χ2n) is 11.5. The van der Waals surface area contributed by atoms with Crippen molar-refractivity contribution in [1.29, 1.82) is 0 Å². The lowest BCUT2D eigenvalue weighted by atomic mass is 10.1. The van der Waals surface area contributed by atoms with Crippen LogP contribution >= 0.6 is 0 Å². The van der Waals surface area contributed by atoms with Gasteiger partial charge in [0.25, 0.3) is 5.91 Å². The van der Waals surface area contributed by atoms with Gasteiger partial charge in [-0.3, -0.25) is 4.79 Å². The molecule has 7 rings (SSSR count). The van der Waals surface area contributed by atoms with Gasteiger partial charge in [0, 0.05) is 39.3 Å². The molecule has 1 aliphatic heterocycles. The van der Waals surface area contributed by atoms with Crippen molar-refractivity contribution < 1.29 is 14.3 Å². The van der Waals surface area contributed by atoms with Gasteiger partial charge in [0.1, 0.15) is 23.2 Å². The van der Waals surface area contributed by atoms with Crippen LogP contribution in [0, 0.1) is 0 Å². The second kappa shape index (κ2) is 16.0. The van der Waals surface area contributed by atoms with Crippen molar-refractivity contribution in [2.75, 3.05) is 29.4 Å². The maximum absolute atomic E-state index is 13.3. The minimum Gasteiger partial charge on any atom is -0.473 e. The van der Waals surface area contributed by atoms with E-state index in [-0.39, 0.29) is 19.4 Å². The zero-order valence-corrected chi connectivity index (χ0v) is 27.7. The van der Waals surface area contributed by atoms with Crippen molar-refractivity contribution in [3.63, 3.8) is 0 Å². The van der Waals surface area contributed by atoms with Gasteiger partial charge < -0.3 is 30.7 Å². The van der Waals surface area contributed by atoms with Gasteiger partial charge >= 0.3 is 0 Å². The Morgan fingerprint density at radius 3 is 1.49 bits per heavy atom. The van der Waals surface area contributed by atoms with Crippen LogP contribution in [0.3, 0.4) is 0 Å². The molecule has 1 aliphatic rings. The van der Waals surface area contributed by atoms with E-state index in [4.69, 9.17) is 19.5 Å². The van der Waals surface area contributed by atoms with Crippen LogP contribution in [0.4, 0.5) is 17.1 Å². The number of para-hydroxylation sites is 5. The first kappa shape index (κ1) is 32.7. The number of hydrogen-bond acceptors (Lipinski definition) is 8. The summed E-state index contributed by atoms with van der Waals surface area (Å²) in [4.78, 5) is 23.6. The van der Waals surface area contributed by atoms with Crippen LogP contribution in [0.15, 0.2) is 174 Å². The second-order valence-corrected chi connectivity index (χ2v) is 11.5. The summed E-state index contributed by atoms with van der Waals surface area (Å²) in [5.74, 6) is 2.52. The quantitative estimate of drug-likeness (QED) is 0.0920. The summed E-state index contributed by atoms with van der Waals surface area (Å²) in [6, 6.07) is 51.9. The van der Waals surface area contributed by atoms with Gasteiger partial charge in [-0.1, -0.05) is 97.1 Å². The molecule has 0 saturated heterocycles. The third-order valence-electron chi connectivity index (χ3n) is 8.12. The molecule has 9 nitrogen and oxygen atoms in total. The van der Waals surface area contributed by atoms with Crippen molar-refractivity contribution in [3.8, 4) is 11.5 Å². The van der Waals surface area contributed by atoms with E-state index >= 15 is 0 Å². The Morgan fingerprint density at radius 1 is 0.529 bits per heavy atom. The molecule has 0 atom stereocenters.